The van der Waals surface area contributed by atoms with Crippen LogP contribution < -0.4 is 16.0 Å². The molecule has 304 valence electrons. The first kappa shape index (κ1) is 43.4. The number of likely N-dealkylation sites (N-methyl/N-ethyl adjacent to an activating group) is 1. The fourth-order valence-electron chi connectivity index (χ4n) is 6.75. The van der Waals surface area contributed by atoms with Gasteiger partial charge in [0, 0.05) is 37.1 Å². The number of hydrogen-bond donors (Lipinski definition) is 5. The van der Waals surface area contributed by atoms with E-state index in [1.807, 2.05) is 57.2 Å². The van der Waals surface area contributed by atoms with Gasteiger partial charge in [0.25, 0.3) is 0 Å². The van der Waals surface area contributed by atoms with Crippen molar-refractivity contribution in [3.63, 3.8) is 0 Å². The highest BCUT2D eigenvalue weighted by molar-refractivity contribution is 5.93. The summed E-state index contributed by atoms with van der Waals surface area (Å²) in [6, 6.07) is 13.0. The third-order valence-electron chi connectivity index (χ3n) is 9.78. The van der Waals surface area contributed by atoms with E-state index in [4.69, 9.17) is 9.47 Å². The second-order valence-corrected chi connectivity index (χ2v) is 15.9. The van der Waals surface area contributed by atoms with Crippen molar-refractivity contribution in [2.24, 2.45) is 5.92 Å². The standard InChI is InChI=1S/C43H59N5O8/c1-27-13-12-14-29(3)55-38(50)26-36(30-18-20-33(49)21-19-30)47-40(52)37(25-32-24-31-15-8-9-16-34(31)45-32)48(7)41(53)35(46-39(51)28(2)23-27)17-10-11-22-44-42(54)56-43(4,5)6/h8-9,13,15-16,18-21,24,28-29,35-37,45,49H,10-12,14,17,22-23,25-26H2,1-7H3,(H,44,54)(H,46,51)(H,47,52)/b27-13+/t28-,29-,35-,36+,37+/m0/s1. The van der Waals surface area contributed by atoms with Crippen molar-refractivity contribution in [1.82, 2.24) is 25.8 Å². The monoisotopic (exact) mass is 773 g/mol. The van der Waals surface area contributed by atoms with Gasteiger partial charge < -0.3 is 40.4 Å². The molecular formula is C43H59N5O8. The van der Waals surface area contributed by atoms with Crippen molar-refractivity contribution in [2.45, 2.75) is 123 Å². The molecule has 0 aliphatic carbocycles. The number of nitrogens with one attached hydrogen (secondary N) is 4. The normalized spacial score (nSPS) is 23.4. The number of nitrogens with zero attached hydrogens (tertiary/aromatic N) is 1. The van der Waals surface area contributed by atoms with E-state index in [0.717, 1.165) is 16.5 Å². The summed E-state index contributed by atoms with van der Waals surface area (Å²) in [4.78, 5) is 73.0. The molecule has 4 amide bonds. The van der Waals surface area contributed by atoms with Gasteiger partial charge in [-0.15, -0.1) is 0 Å². The number of carbonyl (C=O) groups excluding carboxylic acids is 5. The van der Waals surface area contributed by atoms with E-state index in [2.05, 4.69) is 20.9 Å². The Hall–Kier alpha value is -5.33. The minimum absolute atomic E-state index is 0.0285. The molecular weight excluding hydrogens is 714 g/mol. The van der Waals surface area contributed by atoms with E-state index in [9.17, 15) is 29.1 Å². The molecule has 4 rings (SSSR count). The van der Waals surface area contributed by atoms with E-state index < -0.39 is 59.6 Å². The smallest absolute Gasteiger partial charge is 0.407 e. The van der Waals surface area contributed by atoms with Crippen LogP contribution >= 0.6 is 0 Å². The van der Waals surface area contributed by atoms with Gasteiger partial charge >= 0.3 is 12.1 Å². The summed E-state index contributed by atoms with van der Waals surface area (Å²) in [5.41, 5.74) is 2.51. The van der Waals surface area contributed by atoms with Crippen LogP contribution in [0.5, 0.6) is 5.75 Å². The van der Waals surface area contributed by atoms with E-state index in [1.165, 1.54) is 17.0 Å². The van der Waals surface area contributed by atoms with E-state index in [1.54, 1.807) is 40.0 Å². The maximum Gasteiger partial charge on any atom is 0.407 e. The number of esters is 1. The molecule has 0 unspecified atom stereocenters. The van der Waals surface area contributed by atoms with Crippen molar-refractivity contribution in [2.75, 3.05) is 13.6 Å². The van der Waals surface area contributed by atoms with Crippen molar-refractivity contribution >= 4 is 40.7 Å². The molecule has 56 heavy (non-hydrogen) atoms. The van der Waals surface area contributed by atoms with Crippen LogP contribution in [0.2, 0.25) is 0 Å². The van der Waals surface area contributed by atoms with Gasteiger partial charge in [0.1, 0.15) is 23.4 Å². The third kappa shape index (κ3) is 13.5. The first-order valence-corrected chi connectivity index (χ1v) is 19.5. The maximum absolute atomic E-state index is 14.5. The van der Waals surface area contributed by atoms with Crippen molar-refractivity contribution in [3.05, 3.63) is 77.5 Å². The molecule has 0 saturated carbocycles. The number of fused-ring (bicyclic) bond motifs is 1. The van der Waals surface area contributed by atoms with Gasteiger partial charge in [0.05, 0.1) is 18.6 Å². The van der Waals surface area contributed by atoms with Gasteiger partial charge in [-0.3, -0.25) is 19.2 Å². The molecule has 3 aromatic rings. The zero-order chi connectivity index (χ0) is 41.0. The fraction of sp³-hybridized carbons (Fsp3) is 0.512. The number of aromatic amines is 1. The van der Waals surface area contributed by atoms with Gasteiger partial charge in [-0.25, -0.2) is 4.79 Å². The molecule has 2 aromatic carbocycles. The molecule has 13 nitrogen and oxygen atoms in total. The Morgan fingerprint density at radius 2 is 1.70 bits per heavy atom. The molecule has 0 spiro atoms. The van der Waals surface area contributed by atoms with Gasteiger partial charge in [-0.05, 0) is 108 Å². The number of benzene rings is 2. The summed E-state index contributed by atoms with van der Waals surface area (Å²) in [5, 5.41) is 19.7. The Balaban J connectivity index is 1.67. The highest BCUT2D eigenvalue weighted by Crippen LogP contribution is 2.24. The van der Waals surface area contributed by atoms with Gasteiger partial charge in [0.2, 0.25) is 17.7 Å². The molecule has 2 heterocycles. The Bertz CT molecular complexity index is 1810. The predicted octanol–water partition coefficient (Wildman–Crippen LogP) is 6.37. The van der Waals surface area contributed by atoms with E-state index in [-0.39, 0.29) is 30.9 Å². The number of carbonyl (C=O) groups is 5. The largest absolute Gasteiger partial charge is 0.508 e. The Morgan fingerprint density at radius 1 is 0.982 bits per heavy atom. The molecule has 1 aliphatic heterocycles. The average Bonchev–Trinajstić information content (AvgIpc) is 3.54. The number of unbranched alkanes of at least 4 members (excludes halogenated alkanes) is 1. The number of allylic oxidation sites excluding steroid dienone is 2. The molecule has 0 saturated heterocycles. The minimum atomic E-state index is -1.07. The zero-order valence-corrected chi connectivity index (χ0v) is 33.8. The first-order valence-electron chi connectivity index (χ1n) is 19.5. The predicted molar refractivity (Wildman–Crippen MR) is 215 cm³/mol. The van der Waals surface area contributed by atoms with Crippen molar-refractivity contribution in [1.29, 1.82) is 0 Å². The summed E-state index contributed by atoms with van der Waals surface area (Å²) >= 11 is 0. The summed E-state index contributed by atoms with van der Waals surface area (Å²) in [7, 11) is 1.54. The molecule has 0 radical (unpaired) electrons. The number of hydrogen-bond acceptors (Lipinski definition) is 8. The lowest BCUT2D eigenvalue weighted by molar-refractivity contribution is -0.149. The van der Waals surface area contributed by atoms with Crippen LogP contribution in [0.1, 0.15) is 104 Å². The van der Waals surface area contributed by atoms with Crippen LogP contribution in [-0.2, 0) is 35.1 Å². The lowest BCUT2D eigenvalue weighted by Gasteiger charge is -2.32. The quantitative estimate of drug-likeness (QED) is 0.0996. The molecule has 5 N–H and O–H groups in total. The van der Waals surface area contributed by atoms with Crippen LogP contribution in [0.25, 0.3) is 10.9 Å². The molecule has 1 aromatic heterocycles. The lowest BCUT2D eigenvalue weighted by atomic mass is 9.98. The summed E-state index contributed by atoms with van der Waals surface area (Å²) in [6.07, 6.45) is 3.94. The van der Waals surface area contributed by atoms with Crippen LogP contribution in [0.15, 0.2) is 66.2 Å². The lowest BCUT2D eigenvalue weighted by Crippen LogP contribution is -2.56. The maximum atomic E-state index is 14.5. The molecule has 1 aliphatic rings. The number of cyclic esters (lactones) is 1. The highest BCUT2D eigenvalue weighted by atomic mass is 16.6. The van der Waals surface area contributed by atoms with Gasteiger partial charge in [0.15, 0.2) is 0 Å². The number of alkyl carbamates (subject to hydrolysis) is 1. The van der Waals surface area contributed by atoms with Gasteiger partial charge in [-0.2, -0.15) is 0 Å². The van der Waals surface area contributed by atoms with Crippen LogP contribution in [0.4, 0.5) is 4.79 Å². The Kier molecular flexibility index (Phi) is 15.5. The number of aromatic nitrogens is 1. The molecule has 13 heteroatoms. The third-order valence-corrected chi connectivity index (χ3v) is 9.78. The minimum Gasteiger partial charge on any atom is -0.508 e. The number of H-pyrrole nitrogens is 1. The topological polar surface area (TPSA) is 179 Å². The van der Waals surface area contributed by atoms with Crippen LogP contribution in [0.3, 0.4) is 0 Å². The molecule has 5 atom stereocenters. The summed E-state index contributed by atoms with van der Waals surface area (Å²) < 4.78 is 11.1. The van der Waals surface area contributed by atoms with E-state index in [0.29, 0.717) is 49.9 Å². The SMILES string of the molecule is C/C1=C\CC[C@H](C)OC(=O)C[C@H](c2ccc(O)cc2)NC(=O)[C@@H](Cc2cc3ccccc3[nH]2)N(C)C(=O)[C@H](CCCCNC(=O)OC(C)(C)C)NC(=O)[C@@H](C)C1. The number of phenols is 1. The molecule has 0 fully saturated rings. The van der Waals surface area contributed by atoms with E-state index >= 15 is 0 Å². The second-order valence-electron chi connectivity index (χ2n) is 15.9. The summed E-state index contributed by atoms with van der Waals surface area (Å²) in [6.45, 7) is 11.2. The van der Waals surface area contributed by atoms with Crippen LogP contribution in [-0.4, -0.2) is 82.2 Å². The number of amides is 4. The van der Waals surface area contributed by atoms with Gasteiger partial charge in [-0.1, -0.05) is 48.9 Å². The summed E-state index contributed by atoms with van der Waals surface area (Å²) in [5.74, 6) is -2.19. The number of aromatic hydroxyl groups is 1. The number of phenolic OH excluding ortho intramolecular Hbond substituents is 1. The number of para-hydroxylation sites is 1. The van der Waals surface area contributed by atoms with Crippen molar-refractivity contribution < 1.29 is 38.6 Å². The highest BCUT2D eigenvalue weighted by Gasteiger charge is 2.35. The number of rotatable bonds is 8. The zero-order valence-electron chi connectivity index (χ0n) is 33.8. The van der Waals surface area contributed by atoms with Crippen LogP contribution in [0, 0.1) is 5.92 Å². The number of ether oxygens (including phenoxy) is 2. The average molecular weight is 774 g/mol. The van der Waals surface area contributed by atoms with Crippen molar-refractivity contribution in [3.8, 4) is 5.75 Å². The molecule has 0 bridgehead atoms. The Labute approximate surface area is 330 Å². The first-order chi connectivity index (χ1) is 26.5. The fourth-order valence-corrected chi connectivity index (χ4v) is 6.75. The second kappa shape index (κ2) is 20.0. The Morgan fingerprint density at radius 3 is 2.39 bits per heavy atom.